The van der Waals surface area contributed by atoms with Crippen molar-refractivity contribution in [2.24, 2.45) is 4.99 Å². The average molecular weight is 497 g/mol. The molecule has 0 saturated heterocycles. The number of aromatic nitrogens is 1. The van der Waals surface area contributed by atoms with Crippen molar-refractivity contribution >= 4 is 41.0 Å². The first-order valence-electron chi connectivity index (χ1n) is 10.5. The van der Waals surface area contributed by atoms with Gasteiger partial charge in [0.15, 0.2) is 4.80 Å². The molecule has 34 heavy (non-hydrogen) atoms. The van der Waals surface area contributed by atoms with Crippen LogP contribution in [-0.4, -0.2) is 23.1 Å². The highest BCUT2D eigenvalue weighted by molar-refractivity contribution is 7.07. The van der Waals surface area contributed by atoms with Gasteiger partial charge in [0.1, 0.15) is 5.75 Å². The van der Waals surface area contributed by atoms with Crippen molar-refractivity contribution < 1.29 is 19.1 Å². The van der Waals surface area contributed by atoms with Crippen LogP contribution in [0, 0.1) is 0 Å². The highest BCUT2D eigenvalue weighted by Gasteiger charge is 2.33. The molecule has 0 radical (unpaired) electrons. The highest BCUT2D eigenvalue weighted by atomic mass is 35.5. The number of nitrogens with zero attached hydrogens (tertiary/aromatic N) is 2. The quantitative estimate of drug-likeness (QED) is 0.399. The predicted octanol–water partition coefficient (Wildman–Crippen LogP) is 3.38. The second-order valence-corrected chi connectivity index (χ2v) is 8.96. The van der Waals surface area contributed by atoms with E-state index in [1.54, 1.807) is 56.3 Å². The summed E-state index contributed by atoms with van der Waals surface area (Å²) in [5.41, 5.74) is 1.96. The third kappa shape index (κ3) is 4.73. The highest BCUT2D eigenvalue weighted by Crippen LogP contribution is 2.31. The van der Waals surface area contributed by atoms with Crippen LogP contribution in [0.5, 0.6) is 5.75 Å². The van der Waals surface area contributed by atoms with E-state index in [4.69, 9.17) is 21.1 Å². The Balaban J connectivity index is 1.89. The number of esters is 2. The lowest BCUT2D eigenvalue weighted by Crippen LogP contribution is -2.39. The molecule has 1 atom stereocenters. The topological polar surface area (TPSA) is 87.0 Å². The van der Waals surface area contributed by atoms with Gasteiger partial charge >= 0.3 is 11.9 Å². The lowest BCUT2D eigenvalue weighted by atomic mass is 9.96. The molecule has 0 aliphatic carbocycles. The van der Waals surface area contributed by atoms with Crippen LogP contribution in [0.1, 0.15) is 37.9 Å². The third-order valence-electron chi connectivity index (χ3n) is 5.14. The molecule has 0 spiro atoms. The number of carbonyl (C=O) groups is 2. The summed E-state index contributed by atoms with van der Waals surface area (Å²) >= 11 is 7.21. The number of carbonyl (C=O) groups excluding carboxylic acids is 2. The number of rotatable bonds is 5. The van der Waals surface area contributed by atoms with Gasteiger partial charge in [0, 0.05) is 11.9 Å². The maximum Gasteiger partial charge on any atom is 0.338 e. The number of ether oxygens (including phenoxy) is 2. The van der Waals surface area contributed by atoms with Gasteiger partial charge in [-0.25, -0.2) is 9.79 Å². The second-order valence-electron chi connectivity index (χ2n) is 7.52. The Labute approximate surface area is 204 Å². The van der Waals surface area contributed by atoms with Crippen LogP contribution in [-0.2, 0) is 14.3 Å². The van der Waals surface area contributed by atoms with Crippen LogP contribution >= 0.6 is 22.9 Å². The van der Waals surface area contributed by atoms with Gasteiger partial charge in [0.2, 0.25) is 0 Å². The fraction of sp³-hybridized carbons (Fsp3) is 0.200. The molecule has 1 aliphatic heterocycles. The van der Waals surface area contributed by atoms with Gasteiger partial charge in [-0.05, 0) is 55.3 Å². The summed E-state index contributed by atoms with van der Waals surface area (Å²) in [6.45, 7) is 4.95. The van der Waals surface area contributed by atoms with Gasteiger partial charge in [-0.3, -0.25) is 14.2 Å². The van der Waals surface area contributed by atoms with Crippen LogP contribution < -0.4 is 19.6 Å². The standard InChI is InChI=1S/C25H21ClN2O5S/c1-4-32-24(31)21-14(2)27-25-28(22(21)17-7-11-19(12-8-17)33-15(3)29)23(30)20(34-25)13-16-5-9-18(26)10-6-16/h5-13,22H,4H2,1-3H3/b20-13+. The molecule has 4 rings (SSSR count). The Morgan fingerprint density at radius 1 is 1.15 bits per heavy atom. The van der Waals surface area contributed by atoms with E-state index in [9.17, 15) is 14.4 Å². The molecule has 2 aromatic carbocycles. The predicted molar refractivity (Wildman–Crippen MR) is 130 cm³/mol. The number of halogens is 1. The number of benzene rings is 2. The lowest BCUT2D eigenvalue weighted by molar-refractivity contribution is -0.139. The molecule has 0 bridgehead atoms. The normalized spacial score (nSPS) is 15.5. The zero-order chi connectivity index (χ0) is 24.4. The van der Waals surface area contributed by atoms with E-state index in [0.29, 0.717) is 31.4 Å². The molecule has 1 aromatic heterocycles. The molecular weight excluding hydrogens is 476 g/mol. The van der Waals surface area contributed by atoms with Gasteiger partial charge in [-0.15, -0.1) is 0 Å². The minimum atomic E-state index is -0.742. The zero-order valence-corrected chi connectivity index (χ0v) is 20.3. The Kier molecular flexibility index (Phi) is 6.81. The van der Waals surface area contributed by atoms with E-state index in [0.717, 1.165) is 5.56 Å². The molecule has 3 aromatic rings. The molecule has 1 unspecified atom stereocenters. The summed E-state index contributed by atoms with van der Waals surface area (Å²) in [5, 5.41) is 0.602. The lowest BCUT2D eigenvalue weighted by Gasteiger charge is -2.24. The van der Waals surface area contributed by atoms with Crippen molar-refractivity contribution in [2.75, 3.05) is 6.61 Å². The van der Waals surface area contributed by atoms with Gasteiger partial charge in [-0.1, -0.05) is 47.2 Å². The van der Waals surface area contributed by atoms with Crippen molar-refractivity contribution in [2.45, 2.75) is 26.8 Å². The van der Waals surface area contributed by atoms with Crippen molar-refractivity contribution in [1.29, 1.82) is 0 Å². The van der Waals surface area contributed by atoms with Crippen molar-refractivity contribution in [3.05, 3.63) is 95.6 Å². The molecule has 0 saturated carbocycles. The molecular formula is C25H21ClN2O5S. The molecule has 2 heterocycles. The maximum absolute atomic E-state index is 13.5. The molecule has 7 nitrogen and oxygen atoms in total. The first kappa shape index (κ1) is 23.7. The smallest absolute Gasteiger partial charge is 0.338 e. The summed E-state index contributed by atoms with van der Waals surface area (Å²) in [6, 6.07) is 13.1. The van der Waals surface area contributed by atoms with Crippen molar-refractivity contribution in [1.82, 2.24) is 4.57 Å². The summed E-state index contributed by atoms with van der Waals surface area (Å²) in [6.07, 6.45) is 1.77. The van der Waals surface area contributed by atoms with Crippen LogP contribution in [0.2, 0.25) is 5.02 Å². The summed E-state index contributed by atoms with van der Waals surface area (Å²) < 4.78 is 12.4. The van der Waals surface area contributed by atoms with E-state index in [2.05, 4.69) is 4.99 Å². The average Bonchev–Trinajstić information content (AvgIpc) is 3.09. The Morgan fingerprint density at radius 3 is 2.44 bits per heavy atom. The van der Waals surface area contributed by atoms with Crippen LogP contribution in [0.15, 0.2) is 69.6 Å². The summed E-state index contributed by atoms with van der Waals surface area (Å²) in [5.74, 6) is -0.611. The van der Waals surface area contributed by atoms with Gasteiger partial charge in [0.05, 0.1) is 28.5 Å². The summed E-state index contributed by atoms with van der Waals surface area (Å²) in [4.78, 5) is 42.7. The Bertz CT molecular complexity index is 1470. The van der Waals surface area contributed by atoms with Crippen LogP contribution in [0.25, 0.3) is 6.08 Å². The Morgan fingerprint density at radius 2 is 1.82 bits per heavy atom. The molecule has 9 heteroatoms. The van der Waals surface area contributed by atoms with Gasteiger partial charge < -0.3 is 9.47 Å². The minimum absolute atomic E-state index is 0.189. The molecule has 0 fully saturated rings. The number of hydrogen-bond acceptors (Lipinski definition) is 7. The van der Waals surface area contributed by atoms with E-state index >= 15 is 0 Å². The van der Waals surface area contributed by atoms with E-state index in [1.165, 1.54) is 22.8 Å². The van der Waals surface area contributed by atoms with Crippen molar-refractivity contribution in [3.63, 3.8) is 0 Å². The fourth-order valence-corrected chi connectivity index (χ4v) is 4.87. The zero-order valence-electron chi connectivity index (χ0n) is 18.7. The molecule has 1 aliphatic rings. The van der Waals surface area contributed by atoms with Gasteiger partial charge in [-0.2, -0.15) is 0 Å². The molecule has 0 N–H and O–H groups in total. The number of fused-ring (bicyclic) bond motifs is 1. The molecule has 0 amide bonds. The van der Waals surface area contributed by atoms with Crippen LogP contribution in [0.4, 0.5) is 0 Å². The monoisotopic (exact) mass is 496 g/mol. The largest absolute Gasteiger partial charge is 0.463 e. The van der Waals surface area contributed by atoms with Crippen LogP contribution in [0.3, 0.4) is 0 Å². The molecule has 174 valence electrons. The number of thiazole rings is 1. The van der Waals surface area contributed by atoms with E-state index in [1.807, 2.05) is 12.1 Å². The van der Waals surface area contributed by atoms with E-state index < -0.39 is 18.0 Å². The number of allylic oxidation sites excluding steroid dienone is 1. The third-order valence-corrected chi connectivity index (χ3v) is 6.38. The fourth-order valence-electron chi connectivity index (χ4n) is 3.70. The first-order valence-corrected chi connectivity index (χ1v) is 11.7. The summed E-state index contributed by atoms with van der Waals surface area (Å²) in [7, 11) is 0. The van der Waals surface area contributed by atoms with Crippen molar-refractivity contribution in [3.8, 4) is 5.75 Å². The van der Waals surface area contributed by atoms with Gasteiger partial charge in [0.25, 0.3) is 5.56 Å². The first-order chi connectivity index (χ1) is 16.3. The Hall–Kier alpha value is -3.49. The van der Waals surface area contributed by atoms with E-state index in [-0.39, 0.29) is 17.7 Å². The maximum atomic E-state index is 13.5. The number of hydrogen-bond donors (Lipinski definition) is 0. The second kappa shape index (κ2) is 9.79. The minimum Gasteiger partial charge on any atom is -0.463 e. The SMILES string of the molecule is CCOC(=O)C1=C(C)N=c2s/c(=C/c3ccc(Cl)cc3)c(=O)n2C1c1ccc(OC(C)=O)cc1.